The summed E-state index contributed by atoms with van der Waals surface area (Å²) in [5.41, 5.74) is 0.471. The van der Waals surface area contributed by atoms with Gasteiger partial charge in [-0.3, -0.25) is 9.89 Å². The highest BCUT2D eigenvalue weighted by Gasteiger charge is 2.22. The number of rotatable bonds is 7. The Labute approximate surface area is 140 Å². The van der Waals surface area contributed by atoms with E-state index in [9.17, 15) is 4.79 Å². The van der Waals surface area contributed by atoms with E-state index in [4.69, 9.17) is 9.47 Å². The Morgan fingerprint density at radius 1 is 1.50 bits per heavy atom. The predicted molar refractivity (Wildman–Crippen MR) is 87.6 cm³/mol. The van der Waals surface area contributed by atoms with Crippen molar-refractivity contribution in [3.05, 3.63) is 54.1 Å². The van der Waals surface area contributed by atoms with Gasteiger partial charge in [0.1, 0.15) is 24.3 Å². The fraction of sp³-hybridized carbons (Fsp3) is 0.353. The number of aromatic nitrogens is 3. The Balaban J connectivity index is 1.60. The van der Waals surface area contributed by atoms with Crippen LogP contribution in [0.2, 0.25) is 0 Å². The lowest BCUT2D eigenvalue weighted by Crippen LogP contribution is -2.24. The second kappa shape index (κ2) is 7.74. The van der Waals surface area contributed by atoms with Gasteiger partial charge in [0.05, 0.1) is 12.1 Å². The summed E-state index contributed by atoms with van der Waals surface area (Å²) in [6.45, 7) is 4.95. The van der Waals surface area contributed by atoms with Gasteiger partial charge in [-0.1, -0.05) is 24.8 Å². The molecule has 2 N–H and O–H groups in total. The number of para-hydroxylation sites is 1. The van der Waals surface area contributed by atoms with Crippen molar-refractivity contribution in [1.82, 2.24) is 20.5 Å². The molecule has 2 aromatic rings. The van der Waals surface area contributed by atoms with Crippen LogP contribution in [-0.4, -0.2) is 34.3 Å². The molecule has 0 bridgehead atoms. The van der Waals surface area contributed by atoms with Crippen LogP contribution in [0.15, 0.2) is 36.9 Å². The fourth-order valence-electron chi connectivity index (χ4n) is 2.50. The van der Waals surface area contributed by atoms with E-state index < -0.39 is 0 Å². The molecule has 3 rings (SSSR count). The lowest BCUT2D eigenvalue weighted by molar-refractivity contribution is 0.0946. The lowest BCUT2D eigenvalue weighted by Gasteiger charge is -2.09. The topological polar surface area (TPSA) is 89.1 Å². The van der Waals surface area contributed by atoms with Crippen molar-refractivity contribution in [2.45, 2.75) is 25.5 Å². The lowest BCUT2D eigenvalue weighted by atomic mass is 10.2. The standard InChI is InChI=1S/C17H20N4O3/c1-2-9-23-13-7-4-3-6-12(13)17(22)18-11-15-19-16(21-20-15)14-8-5-10-24-14/h2-4,6-7,14H,1,5,8-11H2,(H,18,22)(H,19,20,21). The van der Waals surface area contributed by atoms with Gasteiger partial charge in [-0.15, -0.1) is 0 Å². The van der Waals surface area contributed by atoms with Crippen molar-refractivity contribution in [1.29, 1.82) is 0 Å². The number of carbonyl (C=O) groups excluding carboxylic acids is 1. The summed E-state index contributed by atoms with van der Waals surface area (Å²) < 4.78 is 11.0. The molecule has 1 unspecified atom stereocenters. The number of hydrogen-bond donors (Lipinski definition) is 2. The van der Waals surface area contributed by atoms with Gasteiger partial charge in [0.2, 0.25) is 0 Å². The molecule has 126 valence electrons. The monoisotopic (exact) mass is 328 g/mol. The van der Waals surface area contributed by atoms with Gasteiger partial charge in [-0.25, -0.2) is 4.98 Å². The second-order valence-corrected chi connectivity index (χ2v) is 5.42. The van der Waals surface area contributed by atoms with Crippen LogP contribution in [0.5, 0.6) is 5.75 Å². The summed E-state index contributed by atoms with van der Waals surface area (Å²) in [7, 11) is 0. The highest BCUT2D eigenvalue weighted by atomic mass is 16.5. The van der Waals surface area contributed by atoms with Crippen molar-refractivity contribution in [2.24, 2.45) is 0 Å². The Bertz CT molecular complexity index is 707. The summed E-state index contributed by atoms with van der Waals surface area (Å²) in [5, 5.41) is 9.81. The van der Waals surface area contributed by atoms with E-state index in [1.807, 2.05) is 6.07 Å². The van der Waals surface area contributed by atoms with E-state index in [0.29, 0.717) is 29.6 Å². The van der Waals surface area contributed by atoms with E-state index in [1.165, 1.54) is 0 Å². The third-order valence-corrected chi connectivity index (χ3v) is 3.67. The summed E-state index contributed by atoms with van der Waals surface area (Å²) in [6.07, 6.45) is 3.54. The summed E-state index contributed by atoms with van der Waals surface area (Å²) >= 11 is 0. The highest BCUT2D eigenvalue weighted by molar-refractivity contribution is 5.96. The van der Waals surface area contributed by atoms with Crippen molar-refractivity contribution < 1.29 is 14.3 Å². The third kappa shape index (κ3) is 3.80. The number of H-pyrrole nitrogens is 1. The molecule has 1 aliphatic rings. The summed E-state index contributed by atoms with van der Waals surface area (Å²) in [4.78, 5) is 16.7. The van der Waals surface area contributed by atoms with Gasteiger partial charge in [0.15, 0.2) is 5.82 Å². The molecule has 1 saturated heterocycles. The van der Waals surface area contributed by atoms with E-state index >= 15 is 0 Å². The minimum Gasteiger partial charge on any atom is -0.489 e. The zero-order chi connectivity index (χ0) is 16.8. The molecule has 0 radical (unpaired) electrons. The molecule has 7 heteroatoms. The molecule has 2 heterocycles. The number of nitrogens with zero attached hydrogens (tertiary/aromatic N) is 2. The number of aromatic amines is 1. The Kier molecular flexibility index (Phi) is 5.22. The third-order valence-electron chi connectivity index (χ3n) is 3.67. The van der Waals surface area contributed by atoms with Gasteiger partial charge < -0.3 is 14.8 Å². The zero-order valence-corrected chi connectivity index (χ0v) is 13.3. The number of carbonyl (C=O) groups is 1. The first-order valence-corrected chi connectivity index (χ1v) is 7.91. The average molecular weight is 328 g/mol. The number of benzene rings is 1. The largest absolute Gasteiger partial charge is 0.489 e. The number of ether oxygens (including phenoxy) is 2. The first kappa shape index (κ1) is 16.2. The summed E-state index contributed by atoms with van der Waals surface area (Å²) in [6, 6.07) is 7.08. The summed E-state index contributed by atoms with van der Waals surface area (Å²) in [5.74, 6) is 1.53. The van der Waals surface area contributed by atoms with Crippen LogP contribution in [0.1, 0.15) is 41.0 Å². The van der Waals surface area contributed by atoms with E-state index in [2.05, 4.69) is 27.1 Å². The fourth-order valence-corrected chi connectivity index (χ4v) is 2.50. The van der Waals surface area contributed by atoms with Crippen LogP contribution in [0.3, 0.4) is 0 Å². The number of amides is 1. The van der Waals surface area contributed by atoms with Gasteiger partial charge in [0, 0.05) is 6.61 Å². The maximum Gasteiger partial charge on any atom is 0.255 e. The molecule has 24 heavy (non-hydrogen) atoms. The number of hydrogen-bond acceptors (Lipinski definition) is 5. The van der Waals surface area contributed by atoms with Crippen molar-refractivity contribution in [3.8, 4) is 5.75 Å². The van der Waals surface area contributed by atoms with Crippen LogP contribution in [0.4, 0.5) is 0 Å². The highest BCUT2D eigenvalue weighted by Crippen LogP contribution is 2.25. The SMILES string of the molecule is C=CCOc1ccccc1C(=O)NCc1nc(C2CCCO2)n[nH]1. The number of nitrogens with one attached hydrogen (secondary N) is 2. The van der Waals surface area contributed by atoms with E-state index in [0.717, 1.165) is 19.4 Å². The smallest absolute Gasteiger partial charge is 0.255 e. The van der Waals surface area contributed by atoms with Crippen LogP contribution < -0.4 is 10.1 Å². The second-order valence-electron chi connectivity index (χ2n) is 5.42. The van der Waals surface area contributed by atoms with Gasteiger partial charge >= 0.3 is 0 Å². The van der Waals surface area contributed by atoms with Crippen molar-refractivity contribution >= 4 is 5.91 Å². The van der Waals surface area contributed by atoms with E-state index in [-0.39, 0.29) is 18.6 Å². The minimum absolute atomic E-state index is 0.0428. The molecule has 1 atom stereocenters. The normalized spacial score (nSPS) is 16.8. The first-order valence-electron chi connectivity index (χ1n) is 7.91. The quantitative estimate of drug-likeness (QED) is 0.760. The molecule has 1 aromatic carbocycles. The minimum atomic E-state index is -0.232. The van der Waals surface area contributed by atoms with Crippen LogP contribution in [0.25, 0.3) is 0 Å². The molecule has 0 aliphatic carbocycles. The van der Waals surface area contributed by atoms with Gasteiger partial charge in [0.25, 0.3) is 5.91 Å². The van der Waals surface area contributed by atoms with Gasteiger partial charge in [-0.2, -0.15) is 5.10 Å². The molecule has 7 nitrogen and oxygen atoms in total. The Morgan fingerprint density at radius 2 is 2.38 bits per heavy atom. The molecule has 1 amide bonds. The molecule has 1 fully saturated rings. The van der Waals surface area contributed by atoms with E-state index in [1.54, 1.807) is 24.3 Å². The molecule has 1 aromatic heterocycles. The molecule has 0 spiro atoms. The zero-order valence-electron chi connectivity index (χ0n) is 13.3. The predicted octanol–water partition coefficient (Wildman–Crippen LogP) is 2.15. The van der Waals surface area contributed by atoms with Gasteiger partial charge in [-0.05, 0) is 25.0 Å². The Hall–Kier alpha value is -2.67. The van der Waals surface area contributed by atoms with Crippen LogP contribution in [0, 0.1) is 0 Å². The van der Waals surface area contributed by atoms with Crippen LogP contribution in [-0.2, 0) is 11.3 Å². The molecule has 0 saturated carbocycles. The maximum absolute atomic E-state index is 12.4. The molecular weight excluding hydrogens is 308 g/mol. The van der Waals surface area contributed by atoms with Crippen molar-refractivity contribution in [3.63, 3.8) is 0 Å². The van der Waals surface area contributed by atoms with Crippen LogP contribution >= 0.6 is 0 Å². The van der Waals surface area contributed by atoms with Crippen molar-refractivity contribution in [2.75, 3.05) is 13.2 Å². The molecule has 1 aliphatic heterocycles. The first-order chi connectivity index (χ1) is 11.8. The average Bonchev–Trinajstić information content (AvgIpc) is 3.29. The molecular formula is C17H20N4O3. The maximum atomic E-state index is 12.4. The Morgan fingerprint density at radius 3 is 3.17 bits per heavy atom.